The average Bonchev–Trinajstić information content (AvgIpc) is 0.746. The molecule has 560 valence electrons. The summed E-state index contributed by atoms with van der Waals surface area (Å²) in [5.41, 5.74) is 20.7. The molecule has 0 aliphatic heterocycles. The van der Waals surface area contributed by atoms with E-state index in [-0.39, 0.29) is 47.0 Å². The van der Waals surface area contributed by atoms with Crippen LogP contribution in [0.5, 0.6) is 46.0 Å². The van der Waals surface area contributed by atoms with Crippen molar-refractivity contribution in [1.82, 2.24) is 0 Å². The predicted octanol–water partition coefficient (Wildman–Crippen LogP) is 25.6. The van der Waals surface area contributed by atoms with Crippen LogP contribution in [0, 0.1) is 27.7 Å². The summed E-state index contributed by atoms with van der Waals surface area (Å²) >= 11 is 0. The fourth-order valence-corrected chi connectivity index (χ4v) is 22.0. The van der Waals surface area contributed by atoms with Crippen LogP contribution < -0.4 is 0 Å². The zero-order valence-electron chi connectivity index (χ0n) is 64.3. The van der Waals surface area contributed by atoms with Gasteiger partial charge in [-0.25, -0.2) is 0 Å². The molecule has 0 unspecified atom stereocenters. The number of rotatable bonds is 18. The van der Waals surface area contributed by atoms with Crippen molar-refractivity contribution < 1.29 is 40.9 Å². The largest absolute Gasteiger partial charge is 0.508 e. The van der Waals surface area contributed by atoms with Gasteiger partial charge in [0.15, 0.2) is 0 Å². The standard InChI is InChI=1S/C98H120O8/c1-60-44-72(54-80(92(60)101)66-26-12-5-13-27-66)90(73-45-61(2)93(102)81(55-73)67-28-14-6-15-29-67)86-50-64(38-40-88(86)99)48-76-52-78(58-84(96(76)105)70-34-20-9-21-35-70)98(42-24-11-25-43-98)79-53-77(97(106)85(59-79)71-36-22-10-23-37-71)49-65-39-41-89(100)87(51-65)91(74-46-62(3)94(103)82(56-74)68-30-16-7-17-31-68)75-47-63(4)95(104)83(57-75)69-32-18-8-19-33-69/h38-41,44-47,50-59,66-71,90-91,99-106H,5-37,42-43,48-49H2,1-4H3. The van der Waals surface area contributed by atoms with E-state index in [1.807, 2.05) is 52.0 Å². The van der Waals surface area contributed by atoms with Gasteiger partial charge in [0.2, 0.25) is 0 Å². The monoisotopic (exact) mass is 1420 g/mol. The molecule has 8 heteroatoms. The summed E-state index contributed by atoms with van der Waals surface area (Å²) in [5, 5.41) is 99.2. The molecule has 0 amide bonds. The van der Waals surface area contributed by atoms with Gasteiger partial charge in [-0.1, -0.05) is 232 Å². The molecule has 106 heavy (non-hydrogen) atoms. The number of phenolic OH excluding ortho intramolecular Hbond substituents is 8. The quantitative estimate of drug-likeness (QED) is 0.0394. The molecule has 8 N–H and O–H groups in total. The molecule has 0 aromatic heterocycles. The van der Waals surface area contributed by atoms with Crippen molar-refractivity contribution in [3.63, 3.8) is 0 Å². The zero-order valence-corrected chi connectivity index (χ0v) is 64.3. The highest BCUT2D eigenvalue weighted by atomic mass is 16.3. The molecule has 7 fully saturated rings. The number of aromatic hydroxyl groups is 8. The molecule has 0 radical (unpaired) electrons. The fraction of sp³-hybridized carbons (Fsp3) is 0.510. The van der Waals surface area contributed by atoms with Crippen LogP contribution in [0.2, 0.25) is 0 Å². The normalized spacial score (nSPS) is 19.3. The third kappa shape index (κ3) is 15.1. The van der Waals surface area contributed by atoms with Gasteiger partial charge in [0.05, 0.1) is 0 Å². The number of hydrogen-bond acceptors (Lipinski definition) is 8. The summed E-state index contributed by atoms with van der Waals surface area (Å²) < 4.78 is 0. The Morgan fingerprint density at radius 3 is 0.783 bits per heavy atom. The number of aryl methyl sites for hydroxylation is 4. The second-order valence-electron chi connectivity index (χ2n) is 34.9. The molecule has 15 rings (SSSR count). The molecule has 0 atom stereocenters. The van der Waals surface area contributed by atoms with Crippen LogP contribution in [0.3, 0.4) is 0 Å². The Hall–Kier alpha value is -7.84. The first kappa shape index (κ1) is 73.7. The molecule has 7 aliphatic rings. The Balaban J connectivity index is 0.856. The van der Waals surface area contributed by atoms with Crippen molar-refractivity contribution in [2.45, 2.75) is 318 Å². The Morgan fingerprint density at radius 1 is 0.274 bits per heavy atom. The third-order valence-electron chi connectivity index (χ3n) is 27.9. The van der Waals surface area contributed by atoms with Crippen molar-refractivity contribution in [3.8, 4) is 46.0 Å². The van der Waals surface area contributed by atoms with Gasteiger partial charge in [0, 0.05) is 41.2 Å². The Kier molecular flexibility index (Phi) is 22.3. The van der Waals surface area contributed by atoms with Crippen LogP contribution in [0.25, 0.3) is 0 Å². The maximum atomic E-state index is 13.2. The van der Waals surface area contributed by atoms with E-state index < -0.39 is 17.3 Å². The van der Waals surface area contributed by atoms with Gasteiger partial charge >= 0.3 is 0 Å². The van der Waals surface area contributed by atoms with Crippen molar-refractivity contribution in [1.29, 1.82) is 0 Å². The third-order valence-corrected chi connectivity index (χ3v) is 27.9. The van der Waals surface area contributed by atoms with E-state index in [9.17, 15) is 40.9 Å². The van der Waals surface area contributed by atoms with Gasteiger partial charge in [-0.05, 0) is 276 Å². The van der Waals surface area contributed by atoms with Crippen molar-refractivity contribution >= 4 is 0 Å². The predicted molar refractivity (Wildman–Crippen MR) is 430 cm³/mol. The summed E-state index contributed by atoms with van der Waals surface area (Å²) in [6, 6.07) is 39.2. The smallest absolute Gasteiger partial charge is 0.122 e. The molecular formula is C98H120O8. The molecule has 7 saturated carbocycles. The second kappa shape index (κ2) is 32.2. The topological polar surface area (TPSA) is 162 Å². The van der Waals surface area contributed by atoms with Gasteiger partial charge in [0.25, 0.3) is 0 Å². The van der Waals surface area contributed by atoms with Crippen LogP contribution in [0.1, 0.15) is 394 Å². The lowest BCUT2D eigenvalue weighted by molar-refractivity contribution is 0.341. The summed E-state index contributed by atoms with van der Waals surface area (Å²) in [6.45, 7) is 8.07. The van der Waals surface area contributed by atoms with Gasteiger partial charge in [-0.3, -0.25) is 0 Å². The van der Waals surface area contributed by atoms with E-state index in [4.69, 9.17) is 0 Å². The second-order valence-corrected chi connectivity index (χ2v) is 34.9. The van der Waals surface area contributed by atoms with E-state index >= 15 is 0 Å². The minimum Gasteiger partial charge on any atom is -0.508 e. The first-order valence-electron chi connectivity index (χ1n) is 42.2. The maximum Gasteiger partial charge on any atom is 0.122 e. The van der Waals surface area contributed by atoms with E-state index in [1.54, 1.807) is 0 Å². The minimum atomic E-state index is -0.439. The van der Waals surface area contributed by atoms with Crippen molar-refractivity contribution in [3.05, 3.63) is 232 Å². The van der Waals surface area contributed by atoms with Crippen LogP contribution in [-0.2, 0) is 18.3 Å². The summed E-state index contributed by atoms with van der Waals surface area (Å²) in [6.07, 6.45) is 39.0. The Labute approximate surface area is 632 Å². The first-order chi connectivity index (χ1) is 51.5. The molecular weight excluding hydrogens is 1310 g/mol. The summed E-state index contributed by atoms with van der Waals surface area (Å²) in [4.78, 5) is 0. The minimum absolute atomic E-state index is 0.192. The SMILES string of the molecule is Cc1cc(C(c2cc(C)c(O)c(C3CCCCC3)c2)c2cc(Cc3cc(C4(c5cc(Cc6ccc(O)c(C(c7cc(C)c(O)c(C8CCCCC8)c7)c7cc(C)c(O)c(C8CCCCC8)c7)c6)c(O)c(C6CCCCC6)c5)CCCCC4)cc(C4CCCCC4)c3O)ccc2O)cc(C2CCCCC2)c1O. The van der Waals surface area contributed by atoms with E-state index in [0.29, 0.717) is 47.3 Å². The number of phenols is 8. The van der Waals surface area contributed by atoms with Gasteiger partial charge in [-0.2, -0.15) is 0 Å². The highest BCUT2D eigenvalue weighted by molar-refractivity contribution is 5.62. The van der Waals surface area contributed by atoms with Gasteiger partial charge < -0.3 is 40.9 Å². The first-order valence-corrected chi connectivity index (χ1v) is 42.2. The molecule has 8 nitrogen and oxygen atoms in total. The number of benzene rings is 8. The summed E-state index contributed by atoms with van der Waals surface area (Å²) in [7, 11) is 0. The summed E-state index contributed by atoms with van der Waals surface area (Å²) in [5.74, 6) is 3.16. The van der Waals surface area contributed by atoms with Gasteiger partial charge in [0.1, 0.15) is 46.0 Å². The fourth-order valence-electron chi connectivity index (χ4n) is 22.0. The molecule has 7 aliphatic carbocycles. The lowest BCUT2D eigenvalue weighted by atomic mass is 9.63. The maximum absolute atomic E-state index is 13.2. The van der Waals surface area contributed by atoms with E-state index in [2.05, 4.69) is 84.9 Å². The van der Waals surface area contributed by atoms with Crippen molar-refractivity contribution in [2.75, 3.05) is 0 Å². The Morgan fingerprint density at radius 2 is 0.519 bits per heavy atom. The van der Waals surface area contributed by atoms with E-state index in [1.165, 1.54) is 49.7 Å². The molecule has 0 heterocycles. The molecule has 0 bridgehead atoms. The molecule has 0 spiro atoms. The zero-order chi connectivity index (χ0) is 73.3. The Bertz CT molecular complexity index is 4030. The van der Waals surface area contributed by atoms with Crippen LogP contribution in [0.4, 0.5) is 0 Å². The van der Waals surface area contributed by atoms with Crippen LogP contribution >= 0.6 is 0 Å². The van der Waals surface area contributed by atoms with Crippen LogP contribution in [-0.4, -0.2) is 40.9 Å². The number of hydrogen-bond donors (Lipinski definition) is 8. The lowest BCUT2D eigenvalue weighted by Gasteiger charge is -2.41. The highest BCUT2D eigenvalue weighted by Gasteiger charge is 2.40. The van der Waals surface area contributed by atoms with Gasteiger partial charge in [-0.15, -0.1) is 0 Å². The molecule has 0 saturated heterocycles. The molecule has 8 aromatic rings. The average molecular weight is 1430 g/mol. The van der Waals surface area contributed by atoms with Crippen LogP contribution in [0.15, 0.2) is 109 Å². The van der Waals surface area contributed by atoms with Crippen molar-refractivity contribution in [2.24, 2.45) is 0 Å². The molecule has 8 aromatic carbocycles. The lowest BCUT2D eigenvalue weighted by Crippen LogP contribution is -2.31. The highest BCUT2D eigenvalue weighted by Crippen LogP contribution is 2.55. The van der Waals surface area contributed by atoms with E-state index in [0.717, 1.165) is 297 Å².